The number of aliphatic imine (C=N–C) groups is 1. The Bertz CT molecular complexity index is 679. The molecule has 1 aromatic carbocycles. The Hall–Kier alpha value is -1.90. The normalized spacial score (nSPS) is 18.6. The van der Waals surface area contributed by atoms with Gasteiger partial charge in [-0.3, -0.25) is 9.36 Å². The Labute approximate surface area is 106 Å². The fraction of sp³-hybridized carbons (Fsp3) is 0.333. The summed E-state index contributed by atoms with van der Waals surface area (Å²) in [5.74, 6) is 1.31. The van der Waals surface area contributed by atoms with Crippen molar-refractivity contribution >= 4 is 28.3 Å². The van der Waals surface area contributed by atoms with Gasteiger partial charge in [0.05, 0.1) is 5.52 Å². The largest absolute Gasteiger partial charge is 0.274 e. The molecule has 2 aromatic rings. The van der Waals surface area contributed by atoms with E-state index >= 15 is 0 Å². The molecule has 0 aliphatic carbocycles. The van der Waals surface area contributed by atoms with Crippen molar-refractivity contribution in [3.8, 4) is 0 Å². The summed E-state index contributed by atoms with van der Waals surface area (Å²) >= 11 is 0. The highest BCUT2D eigenvalue weighted by Crippen LogP contribution is 2.37. The lowest BCUT2D eigenvalue weighted by atomic mass is 9.94. The minimum Gasteiger partial charge on any atom is -0.274 e. The minimum atomic E-state index is 0.0264. The Morgan fingerprint density at radius 1 is 1.39 bits per heavy atom. The molecule has 1 aliphatic heterocycles. The van der Waals surface area contributed by atoms with Gasteiger partial charge in [0, 0.05) is 23.6 Å². The van der Waals surface area contributed by atoms with Gasteiger partial charge in [-0.1, -0.05) is 25.1 Å². The molecule has 1 aromatic heterocycles. The average Bonchev–Trinajstić information content (AvgIpc) is 2.64. The van der Waals surface area contributed by atoms with Crippen LogP contribution in [0.15, 0.2) is 29.3 Å². The van der Waals surface area contributed by atoms with Crippen LogP contribution in [0.3, 0.4) is 0 Å². The maximum Gasteiger partial charge on any atom is 0.229 e. The van der Waals surface area contributed by atoms with Gasteiger partial charge in [-0.15, -0.1) is 0 Å². The van der Waals surface area contributed by atoms with Crippen LogP contribution in [0, 0.1) is 5.92 Å². The van der Waals surface area contributed by atoms with Gasteiger partial charge in [0.15, 0.2) is 0 Å². The fourth-order valence-corrected chi connectivity index (χ4v) is 2.66. The highest BCUT2D eigenvalue weighted by molar-refractivity contribution is 6.02. The molecule has 18 heavy (non-hydrogen) atoms. The van der Waals surface area contributed by atoms with Gasteiger partial charge in [-0.25, -0.2) is 4.99 Å². The molecule has 3 nitrogen and oxygen atoms in total. The molecule has 92 valence electrons. The van der Waals surface area contributed by atoms with Crippen molar-refractivity contribution in [3.05, 3.63) is 29.8 Å². The number of benzene rings is 1. The molecule has 3 rings (SSSR count). The molecule has 2 heterocycles. The number of hydrogen-bond donors (Lipinski definition) is 0. The van der Waals surface area contributed by atoms with Crippen molar-refractivity contribution in [1.82, 2.24) is 4.57 Å². The van der Waals surface area contributed by atoms with Crippen molar-refractivity contribution < 1.29 is 4.79 Å². The van der Waals surface area contributed by atoms with Crippen molar-refractivity contribution in [1.29, 1.82) is 0 Å². The SMILES string of the molecule is CC(=O)n1c2c(c3ccccc31)CC(C)C(C)=N2. The van der Waals surface area contributed by atoms with E-state index in [-0.39, 0.29) is 5.91 Å². The van der Waals surface area contributed by atoms with E-state index in [4.69, 9.17) is 0 Å². The monoisotopic (exact) mass is 240 g/mol. The van der Waals surface area contributed by atoms with Crippen LogP contribution >= 0.6 is 0 Å². The summed E-state index contributed by atoms with van der Waals surface area (Å²) in [6.45, 7) is 5.81. The first-order valence-corrected chi connectivity index (χ1v) is 6.28. The van der Waals surface area contributed by atoms with Crippen molar-refractivity contribution in [2.75, 3.05) is 0 Å². The predicted molar refractivity (Wildman–Crippen MR) is 73.9 cm³/mol. The lowest BCUT2D eigenvalue weighted by Crippen LogP contribution is -2.15. The van der Waals surface area contributed by atoms with E-state index in [0.29, 0.717) is 5.92 Å². The summed E-state index contributed by atoms with van der Waals surface area (Å²) in [6, 6.07) is 8.05. The Morgan fingerprint density at radius 3 is 2.83 bits per heavy atom. The summed E-state index contributed by atoms with van der Waals surface area (Å²) in [5, 5.41) is 1.16. The van der Waals surface area contributed by atoms with E-state index in [1.165, 1.54) is 5.56 Å². The van der Waals surface area contributed by atoms with E-state index in [1.54, 1.807) is 11.5 Å². The molecule has 0 spiro atoms. The minimum absolute atomic E-state index is 0.0264. The van der Waals surface area contributed by atoms with Crippen LogP contribution < -0.4 is 0 Å². The van der Waals surface area contributed by atoms with Gasteiger partial charge in [-0.05, 0) is 25.3 Å². The molecule has 1 unspecified atom stereocenters. The lowest BCUT2D eigenvalue weighted by molar-refractivity contribution is 0.0943. The molecule has 3 heteroatoms. The van der Waals surface area contributed by atoms with Gasteiger partial charge in [0.1, 0.15) is 5.82 Å². The summed E-state index contributed by atoms with van der Waals surface area (Å²) in [5.41, 5.74) is 3.28. The third kappa shape index (κ3) is 1.43. The summed E-state index contributed by atoms with van der Waals surface area (Å²) in [6.07, 6.45) is 0.964. The predicted octanol–water partition coefficient (Wildman–Crippen LogP) is 3.59. The summed E-state index contributed by atoms with van der Waals surface area (Å²) in [7, 11) is 0. The highest BCUT2D eigenvalue weighted by Gasteiger charge is 2.25. The third-order valence-electron chi connectivity index (χ3n) is 3.77. The molecule has 0 fully saturated rings. The third-order valence-corrected chi connectivity index (χ3v) is 3.77. The van der Waals surface area contributed by atoms with E-state index in [0.717, 1.165) is 28.9 Å². The Kier molecular flexibility index (Phi) is 2.37. The van der Waals surface area contributed by atoms with Gasteiger partial charge in [-0.2, -0.15) is 0 Å². The molecular formula is C15H16N2O. The molecule has 0 saturated heterocycles. The van der Waals surface area contributed by atoms with Crippen molar-refractivity contribution in [2.24, 2.45) is 10.9 Å². The van der Waals surface area contributed by atoms with E-state index in [9.17, 15) is 4.79 Å². The fourth-order valence-electron chi connectivity index (χ4n) is 2.66. The number of rotatable bonds is 0. The van der Waals surface area contributed by atoms with E-state index < -0.39 is 0 Å². The molecular weight excluding hydrogens is 224 g/mol. The first-order chi connectivity index (χ1) is 8.59. The van der Waals surface area contributed by atoms with Crippen molar-refractivity contribution in [2.45, 2.75) is 27.2 Å². The number of nitrogens with zero attached hydrogens (tertiary/aromatic N) is 2. The van der Waals surface area contributed by atoms with Crippen molar-refractivity contribution in [3.63, 3.8) is 0 Å². The zero-order chi connectivity index (χ0) is 12.9. The molecule has 1 aliphatic rings. The number of para-hydroxylation sites is 1. The topological polar surface area (TPSA) is 34.4 Å². The molecule has 0 saturated carbocycles. The molecule has 0 bridgehead atoms. The Morgan fingerprint density at radius 2 is 2.11 bits per heavy atom. The maximum absolute atomic E-state index is 11.9. The van der Waals surface area contributed by atoms with Crippen LogP contribution in [0.1, 0.15) is 31.1 Å². The summed E-state index contributed by atoms with van der Waals surface area (Å²) < 4.78 is 1.74. The second kappa shape index (κ2) is 3.80. The smallest absolute Gasteiger partial charge is 0.229 e. The molecule has 0 radical (unpaired) electrons. The van der Waals surface area contributed by atoms with Crippen LogP contribution in [0.4, 0.5) is 5.82 Å². The standard InChI is InChI=1S/C15H16N2O/c1-9-8-13-12-6-4-5-7-14(12)17(11(3)18)15(13)16-10(9)2/h4-7,9H,8H2,1-3H3. The quantitative estimate of drug-likeness (QED) is 0.693. The van der Waals surface area contributed by atoms with Gasteiger partial charge >= 0.3 is 0 Å². The van der Waals surface area contributed by atoms with Crippen LogP contribution in [-0.2, 0) is 6.42 Å². The number of aromatic nitrogens is 1. The van der Waals surface area contributed by atoms with Crippen LogP contribution in [-0.4, -0.2) is 16.2 Å². The Balaban J connectivity index is 2.42. The lowest BCUT2D eigenvalue weighted by Gasteiger charge is -2.17. The number of carbonyl (C=O) groups is 1. The second-order valence-corrected chi connectivity index (χ2v) is 5.03. The van der Waals surface area contributed by atoms with Gasteiger partial charge in [0.2, 0.25) is 5.91 Å². The average molecular weight is 240 g/mol. The first-order valence-electron chi connectivity index (χ1n) is 6.28. The highest BCUT2D eigenvalue weighted by atomic mass is 16.1. The van der Waals surface area contributed by atoms with Gasteiger partial charge in [0.25, 0.3) is 0 Å². The molecule has 1 atom stereocenters. The second-order valence-electron chi connectivity index (χ2n) is 5.03. The molecule has 0 amide bonds. The van der Waals surface area contributed by atoms with E-state index in [2.05, 4.69) is 18.0 Å². The number of hydrogen-bond acceptors (Lipinski definition) is 2. The maximum atomic E-state index is 11.9. The summed E-state index contributed by atoms with van der Waals surface area (Å²) in [4.78, 5) is 16.5. The van der Waals surface area contributed by atoms with Crippen LogP contribution in [0.5, 0.6) is 0 Å². The van der Waals surface area contributed by atoms with Gasteiger partial charge < -0.3 is 0 Å². The van der Waals surface area contributed by atoms with E-state index in [1.807, 2.05) is 25.1 Å². The number of fused-ring (bicyclic) bond motifs is 3. The van der Waals surface area contributed by atoms with Crippen LogP contribution in [0.2, 0.25) is 0 Å². The number of carbonyl (C=O) groups excluding carboxylic acids is 1. The zero-order valence-electron chi connectivity index (χ0n) is 10.9. The first kappa shape index (κ1) is 11.2. The zero-order valence-corrected chi connectivity index (χ0v) is 10.9. The van der Waals surface area contributed by atoms with Crippen LogP contribution in [0.25, 0.3) is 10.9 Å². The molecule has 0 N–H and O–H groups in total.